The molecule has 0 saturated heterocycles. The Balaban J connectivity index is 1.98. The normalized spacial score (nSPS) is 10.2. The number of ether oxygens (including phenoxy) is 2. The van der Waals surface area contributed by atoms with Gasteiger partial charge in [-0.05, 0) is 30.7 Å². The van der Waals surface area contributed by atoms with Crippen LogP contribution in [0.15, 0.2) is 36.7 Å². The van der Waals surface area contributed by atoms with Crippen LogP contribution in [-0.4, -0.2) is 16.6 Å². The third kappa shape index (κ3) is 3.93. The minimum atomic E-state index is 0.372. The molecule has 1 aromatic heterocycles. The lowest BCUT2D eigenvalue weighted by Gasteiger charge is -2.07. The van der Waals surface area contributed by atoms with E-state index >= 15 is 0 Å². The van der Waals surface area contributed by atoms with E-state index in [-0.39, 0.29) is 0 Å². The van der Waals surface area contributed by atoms with Gasteiger partial charge in [-0.25, -0.2) is 4.98 Å². The lowest BCUT2D eigenvalue weighted by Crippen LogP contribution is -2.00. The molecule has 1 heterocycles. The van der Waals surface area contributed by atoms with E-state index in [0.29, 0.717) is 24.8 Å². The van der Waals surface area contributed by atoms with Crippen LogP contribution in [0, 0.1) is 0 Å². The first-order chi connectivity index (χ1) is 9.31. The second-order valence-corrected chi connectivity index (χ2v) is 3.97. The zero-order chi connectivity index (χ0) is 13.5. The van der Waals surface area contributed by atoms with Crippen molar-refractivity contribution in [1.29, 1.82) is 0 Å². The van der Waals surface area contributed by atoms with E-state index in [0.717, 1.165) is 17.9 Å². The van der Waals surface area contributed by atoms with Gasteiger partial charge < -0.3 is 15.2 Å². The summed E-state index contributed by atoms with van der Waals surface area (Å²) in [6.45, 7) is 3.16. The standard InChI is InChI=1S/C14H17N3O2/c1-2-7-18-12-3-5-13(6-4-12)19-14-10-16-11(8-15)9-17-14/h3-6,9-10H,2,7-8,15H2,1H3. The van der Waals surface area contributed by atoms with Crippen molar-refractivity contribution in [2.24, 2.45) is 5.73 Å². The summed E-state index contributed by atoms with van der Waals surface area (Å²) in [5.41, 5.74) is 6.18. The molecule has 1 aromatic carbocycles. The molecule has 2 aromatic rings. The molecule has 2 N–H and O–H groups in total. The third-order valence-electron chi connectivity index (χ3n) is 2.41. The molecule has 0 unspecified atom stereocenters. The first kappa shape index (κ1) is 13.3. The van der Waals surface area contributed by atoms with Crippen molar-refractivity contribution in [3.63, 3.8) is 0 Å². The van der Waals surface area contributed by atoms with Crippen molar-refractivity contribution in [2.45, 2.75) is 19.9 Å². The minimum absolute atomic E-state index is 0.372. The molecule has 19 heavy (non-hydrogen) atoms. The van der Waals surface area contributed by atoms with Crippen LogP contribution in [0.3, 0.4) is 0 Å². The molecule has 0 aliphatic heterocycles. The van der Waals surface area contributed by atoms with Gasteiger partial charge in [-0.2, -0.15) is 0 Å². The largest absolute Gasteiger partial charge is 0.494 e. The van der Waals surface area contributed by atoms with Crippen LogP contribution in [0.2, 0.25) is 0 Å². The SMILES string of the molecule is CCCOc1ccc(Oc2cnc(CN)cn2)cc1. The quantitative estimate of drug-likeness (QED) is 0.863. The Morgan fingerprint density at radius 2 is 1.79 bits per heavy atom. The number of rotatable bonds is 6. The van der Waals surface area contributed by atoms with E-state index < -0.39 is 0 Å². The molecular formula is C14H17N3O2. The van der Waals surface area contributed by atoms with E-state index in [1.54, 1.807) is 12.4 Å². The summed E-state index contributed by atoms with van der Waals surface area (Å²) in [5.74, 6) is 1.97. The molecule has 0 radical (unpaired) electrons. The van der Waals surface area contributed by atoms with Gasteiger partial charge in [0, 0.05) is 6.54 Å². The maximum absolute atomic E-state index is 5.57. The minimum Gasteiger partial charge on any atom is -0.494 e. The zero-order valence-electron chi connectivity index (χ0n) is 10.9. The van der Waals surface area contributed by atoms with Gasteiger partial charge in [0.2, 0.25) is 5.88 Å². The van der Waals surface area contributed by atoms with Gasteiger partial charge in [-0.1, -0.05) is 6.92 Å². The lowest BCUT2D eigenvalue weighted by molar-refractivity contribution is 0.317. The van der Waals surface area contributed by atoms with Crippen LogP contribution in [0.1, 0.15) is 19.0 Å². The molecule has 100 valence electrons. The molecule has 2 rings (SSSR count). The van der Waals surface area contributed by atoms with Gasteiger partial charge >= 0.3 is 0 Å². The summed E-state index contributed by atoms with van der Waals surface area (Å²) < 4.78 is 11.1. The topological polar surface area (TPSA) is 70.3 Å². The lowest BCUT2D eigenvalue weighted by atomic mass is 10.3. The molecule has 0 aliphatic rings. The van der Waals surface area contributed by atoms with E-state index in [9.17, 15) is 0 Å². The first-order valence-corrected chi connectivity index (χ1v) is 6.23. The summed E-state index contributed by atoms with van der Waals surface area (Å²) >= 11 is 0. The number of hydrogen-bond donors (Lipinski definition) is 1. The van der Waals surface area contributed by atoms with Crippen molar-refractivity contribution in [1.82, 2.24) is 9.97 Å². The van der Waals surface area contributed by atoms with E-state index in [4.69, 9.17) is 15.2 Å². The van der Waals surface area contributed by atoms with Gasteiger partial charge in [0.25, 0.3) is 0 Å². The molecule has 0 amide bonds. The number of nitrogens with zero attached hydrogens (tertiary/aromatic N) is 2. The molecule has 0 spiro atoms. The summed E-state index contributed by atoms with van der Waals surface area (Å²) in [6.07, 6.45) is 4.15. The summed E-state index contributed by atoms with van der Waals surface area (Å²) in [6, 6.07) is 7.41. The number of nitrogens with two attached hydrogens (primary N) is 1. The Morgan fingerprint density at radius 1 is 1.05 bits per heavy atom. The zero-order valence-corrected chi connectivity index (χ0v) is 10.9. The summed E-state index contributed by atoms with van der Waals surface area (Å²) in [4.78, 5) is 8.24. The highest BCUT2D eigenvalue weighted by atomic mass is 16.5. The molecule has 0 fully saturated rings. The van der Waals surface area contributed by atoms with Crippen LogP contribution in [0.5, 0.6) is 17.4 Å². The molecule has 0 bridgehead atoms. The molecule has 5 nitrogen and oxygen atoms in total. The van der Waals surface area contributed by atoms with Gasteiger partial charge in [0.1, 0.15) is 11.5 Å². The Labute approximate surface area is 112 Å². The van der Waals surface area contributed by atoms with Gasteiger partial charge in [-0.15, -0.1) is 0 Å². The predicted molar refractivity (Wildman–Crippen MR) is 72.2 cm³/mol. The highest BCUT2D eigenvalue weighted by Crippen LogP contribution is 2.22. The number of hydrogen-bond acceptors (Lipinski definition) is 5. The second kappa shape index (κ2) is 6.70. The van der Waals surface area contributed by atoms with Crippen LogP contribution in [0.25, 0.3) is 0 Å². The fraction of sp³-hybridized carbons (Fsp3) is 0.286. The average Bonchev–Trinajstić information content (AvgIpc) is 2.47. The third-order valence-corrected chi connectivity index (χ3v) is 2.41. The molecule has 5 heteroatoms. The fourth-order valence-corrected chi connectivity index (χ4v) is 1.45. The van der Waals surface area contributed by atoms with Crippen molar-refractivity contribution in [3.05, 3.63) is 42.4 Å². The monoisotopic (exact) mass is 259 g/mol. The Morgan fingerprint density at radius 3 is 2.37 bits per heavy atom. The summed E-state index contributed by atoms with van der Waals surface area (Å²) in [7, 11) is 0. The Bertz CT molecular complexity index is 497. The predicted octanol–water partition coefficient (Wildman–Crippen LogP) is 2.52. The van der Waals surface area contributed by atoms with E-state index in [1.807, 2.05) is 24.3 Å². The second-order valence-electron chi connectivity index (χ2n) is 3.97. The van der Waals surface area contributed by atoms with Gasteiger partial charge in [0.15, 0.2) is 0 Å². The average molecular weight is 259 g/mol. The van der Waals surface area contributed by atoms with Crippen LogP contribution < -0.4 is 15.2 Å². The molecular weight excluding hydrogens is 242 g/mol. The highest BCUT2D eigenvalue weighted by Gasteiger charge is 2.00. The maximum Gasteiger partial charge on any atom is 0.237 e. The maximum atomic E-state index is 5.57. The number of benzene rings is 1. The van der Waals surface area contributed by atoms with Crippen LogP contribution in [-0.2, 0) is 6.54 Å². The summed E-state index contributed by atoms with van der Waals surface area (Å²) in [5, 5.41) is 0. The molecule has 0 saturated carbocycles. The Kier molecular flexibility index (Phi) is 4.69. The van der Waals surface area contributed by atoms with Crippen LogP contribution >= 0.6 is 0 Å². The van der Waals surface area contributed by atoms with Crippen LogP contribution in [0.4, 0.5) is 0 Å². The molecule has 0 atom stereocenters. The number of aromatic nitrogens is 2. The van der Waals surface area contributed by atoms with Gasteiger partial charge in [-0.3, -0.25) is 4.98 Å². The van der Waals surface area contributed by atoms with Crippen molar-refractivity contribution >= 4 is 0 Å². The highest BCUT2D eigenvalue weighted by molar-refractivity contribution is 5.33. The van der Waals surface area contributed by atoms with E-state index in [2.05, 4.69) is 16.9 Å². The smallest absolute Gasteiger partial charge is 0.237 e. The van der Waals surface area contributed by atoms with E-state index in [1.165, 1.54) is 0 Å². The fourth-order valence-electron chi connectivity index (χ4n) is 1.45. The van der Waals surface area contributed by atoms with Crippen molar-refractivity contribution in [2.75, 3.05) is 6.61 Å². The first-order valence-electron chi connectivity index (χ1n) is 6.23. The molecule has 0 aliphatic carbocycles. The van der Waals surface area contributed by atoms with Crippen molar-refractivity contribution in [3.8, 4) is 17.4 Å². The van der Waals surface area contributed by atoms with Crippen molar-refractivity contribution < 1.29 is 9.47 Å². The van der Waals surface area contributed by atoms with Gasteiger partial charge in [0.05, 0.1) is 24.7 Å². The Hall–Kier alpha value is -2.14.